The fourth-order valence-electron chi connectivity index (χ4n) is 2.99. The van der Waals surface area contributed by atoms with E-state index >= 15 is 0 Å². The van der Waals surface area contributed by atoms with Crippen molar-refractivity contribution in [1.82, 2.24) is 4.98 Å². The van der Waals surface area contributed by atoms with Crippen molar-refractivity contribution < 1.29 is 30.7 Å². The number of hydrogen-bond donors (Lipinski definition) is 0. The van der Waals surface area contributed by atoms with E-state index in [0.717, 1.165) is 19.1 Å². The minimum Gasteiger partial charge on any atom is -0.455 e. The number of pyridine rings is 1. The van der Waals surface area contributed by atoms with Crippen LogP contribution >= 0.6 is 0 Å². The Bertz CT molecular complexity index is 1050. The number of nitriles is 1. The molecule has 10 heteroatoms. The Balaban J connectivity index is 2.20. The van der Waals surface area contributed by atoms with Gasteiger partial charge in [0.2, 0.25) is 9.84 Å². The van der Waals surface area contributed by atoms with Crippen molar-refractivity contribution in [1.29, 1.82) is 5.26 Å². The van der Waals surface area contributed by atoms with Gasteiger partial charge in [-0.05, 0) is 17.7 Å². The number of ether oxygens (including phenoxy) is 1. The number of aromatic nitrogens is 1. The SMILES string of the molecule is C[C@H]1c2c(S(=O)(=O)CF)ccc(Oc3cncc(C#N)c3)c2[C@@H](F)C1(F)F. The molecular formula is C17H12F4N2O3S. The van der Waals surface area contributed by atoms with Gasteiger partial charge in [0.05, 0.1) is 22.6 Å². The van der Waals surface area contributed by atoms with Crippen LogP contribution in [0.4, 0.5) is 17.6 Å². The maximum Gasteiger partial charge on any atom is 0.289 e. The Labute approximate surface area is 152 Å². The molecule has 1 aromatic heterocycles. The highest BCUT2D eigenvalue weighted by molar-refractivity contribution is 7.91. The molecule has 5 nitrogen and oxygen atoms in total. The molecule has 0 bridgehead atoms. The number of benzene rings is 1. The van der Waals surface area contributed by atoms with E-state index in [2.05, 4.69) is 4.98 Å². The first kappa shape index (κ1) is 19.1. The monoisotopic (exact) mass is 400 g/mol. The third kappa shape index (κ3) is 3.02. The van der Waals surface area contributed by atoms with Gasteiger partial charge in [-0.15, -0.1) is 0 Å². The summed E-state index contributed by atoms with van der Waals surface area (Å²) in [5.74, 6) is -6.07. The summed E-state index contributed by atoms with van der Waals surface area (Å²) < 4.78 is 85.3. The number of halogens is 4. The molecule has 142 valence electrons. The fourth-order valence-corrected chi connectivity index (χ4v) is 4.01. The largest absolute Gasteiger partial charge is 0.455 e. The van der Waals surface area contributed by atoms with Crippen molar-refractivity contribution in [2.75, 3.05) is 6.01 Å². The molecule has 0 amide bonds. The molecule has 1 aromatic carbocycles. The summed E-state index contributed by atoms with van der Waals surface area (Å²) in [5, 5.41) is 8.87. The van der Waals surface area contributed by atoms with Crippen molar-refractivity contribution in [2.24, 2.45) is 0 Å². The zero-order valence-electron chi connectivity index (χ0n) is 13.8. The van der Waals surface area contributed by atoms with E-state index in [-0.39, 0.29) is 17.1 Å². The zero-order chi connectivity index (χ0) is 20.0. The molecular weight excluding hydrogens is 388 g/mol. The molecule has 0 radical (unpaired) electrons. The van der Waals surface area contributed by atoms with Crippen molar-refractivity contribution in [3.05, 3.63) is 47.3 Å². The Kier molecular flexibility index (Phi) is 4.59. The first-order chi connectivity index (χ1) is 12.6. The van der Waals surface area contributed by atoms with E-state index in [4.69, 9.17) is 10.00 Å². The number of fused-ring (bicyclic) bond motifs is 1. The van der Waals surface area contributed by atoms with Crippen LogP contribution in [-0.4, -0.2) is 25.3 Å². The fraction of sp³-hybridized carbons (Fsp3) is 0.294. The molecule has 1 heterocycles. The van der Waals surface area contributed by atoms with Crippen molar-refractivity contribution >= 4 is 9.84 Å². The van der Waals surface area contributed by atoms with Crippen molar-refractivity contribution in [3.8, 4) is 17.6 Å². The first-order valence-electron chi connectivity index (χ1n) is 7.64. The molecule has 0 unspecified atom stereocenters. The summed E-state index contributed by atoms with van der Waals surface area (Å²) in [6, 6.07) is 3.17. The van der Waals surface area contributed by atoms with Crippen LogP contribution in [0, 0.1) is 11.3 Å². The van der Waals surface area contributed by atoms with Crippen LogP contribution in [0.1, 0.15) is 35.7 Å². The summed E-state index contributed by atoms with van der Waals surface area (Å²) in [6.45, 7) is 0.970. The predicted molar refractivity (Wildman–Crippen MR) is 85.8 cm³/mol. The quantitative estimate of drug-likeness (QED) is 0.719. The van der Waals surface area contributed by atoms with Crippen LogP contribution in [0.15, 0.2) is 35.5 Å². The van der Waals surface area contributed by atoms with Crippen molar-refractivity contribution in [3.63, 3.8) is 0 Å². The van der Waals surface area contributed by atoms with Gasteiger partial charge < -0.3 is 4.74 Å². The third-order valence-electron chi connectivity index (χ3n) is 4.36. The number of sulfone groups is 1. The van der Waals surface area contributed by atoms with E-state index in [1.807, 2.05) is 6.07 Å². The van der Waals surface area contributed by atoms with E-state index in [9.17, 15) is 26.0 Å². The molecule has 2 atom stereocenters. The Hall–Kier alpha value is -2.67. The van der Waals surface area contributed by atoms with Crippen LogP contribution in [0.5, 0.6) is 11.5 Å². The second-order valence-electron chi connectivity index (χ2n) is 6.00. The van der Waals surface area contributed by atoms with Crippen LogP contribution in [0.3, 0.4) is 0 Å². The second-order valence-corrected chi connectivity index (χ2v) is 7.88. The van der Waals surface area contributed by atoms with E-state index in [1.54, 1.807) is 0 Å². The maximum absolute atomic E-state index is 14.5. The molecule has 27 heavy (non-hydrogen) atoms. The van der Waals surface area contributed by atoms with Crippen LogP contribution in [0.2, 0.25) is 0 Å². The maximum atomic E-state index is 14.5. The lowest BCUT2D eigenvalue weighted by atomic mass is 10.0. The van der Waals surface area contributed by atoms with E-state index < -0.39 is 49.9 Å². The van der Waals surface area contributed by atoms with Crippen molar-refractivity contribution in [2.45, 2.75) is 29.8 Å². The first-order valence-corrected chi connectivity index (χ1v) is 9.29. The molecule has 1 aliphatic carbocycles. The summed E-state index contributed by atoms with van der Waals surface area (Å²) in [7, 11) is -4.51. The molecule has 0 N–H and O–H groups in total. The molecule has 0 fully saturated rings. The Morgan fingerprint density at radius 1 is 1.30 bits per heavy atom. The van der Waals surface area contributed by atoms with Gasteiger partial charge >= 0.3 is 0 Å². The average Bonchev–Trinajstić information content (AvgIpc) is 2.83. The van der Waals surface area contributed by atoms with Gasteiger partial charge in [0.25, 0.3) is 5.92 Å². The number of hydrogen-bond acceptors (Lipinski definition) is 5. The Morgan fingerprint density at radius 3 is 2.63 bits per heavy atom. The highest BCUT2D eigenvalue weighted by Crippen LogP contribution is 2.58. The highest BCUT2D eigenvalue weighted by atomic mass is 32.2. The van der Waals surface area contributed by atoms with Crippen LogP contribution in [-0.2, 0) is 9.84 Å². The molecule has 2 aromatic rings. The minimum absolute atomic E-state index is 0.0209. The number of alkyl halides is 4. The topological polar surface area (TPSA) is 80.1 Å². The van der Waals surface area contributed by atoms with E-state index in [1.165, 1.54) is 18.5 Å². The predicted octanol–water partition coefficient (Wildman–Crippen LogP) is 4.21. The van der Waals surface area contributed by atoms with Crippen LogP contribution < -0.4 is 4.74 Å². The highest BCUT2D eigenvalue weighted by Gasteiger charge is 2.57. The molecule has 1 aliphatic rings. The lowest BCUT2D eigenvalue weighted by Crippen LogP contribution is -2.23. The summed E-state index contributed by atoms with van der Waals surface area (Å²) >= 11 is 0. The molecule has 3 rings (SSSR count). The molecule has 0 aliphatic heterocycles. The van der Waals surface area contributed by atoms with E-state index in [0.29, 0.717) is 0 Å². The van der Waals surface area contributed by atoms with Gasteiger partial charge in [0.15, 0.2) is 12.2 Å². The average molecular weight is 400 g/mol. The van der Waals surface area contributed by atoms with Gasteiger partial charge in [0, 0.05) is 17.8 Å². The lowest BCUT2D eigenvalue weighted by Gasteiger charge is -2.17. The minimum atomic E-state index is -4.51. The normalized spacial score (nSPS) is 20.7. The van der Waals surface area contributed by atoms with Gasteiger partial charge in [-0.25, -0.2) is 26.0 Å². The smallest absolute Gasteiger partial charge is 0.289 e. The second kappa shape index (κ2) is 6.49. The van der Waals surface area contributed by atoms with Gasteiger partial charge in [0.1, 0.15) is 17.6 Å². The summed E-state index contributed by atoms with van der Waals surface area (Å²) in [6.07, 6.45) is -0.412. The molecule has 0 saturated carbocycles. The number of rotatable bonds is 4. The van der Waals surface area contributed by atoms with Gasteiger partial charge in [-0.3, -0.25) is 4.98 Å². The molecule has 0 saturated heterocycles. The summed E-state index contributed by atoms with van der Waals surface area (Å²) in [4.78, 5) is 3.05. The number of nitrogens with zero attached hydrogens (tertiary/aromatic N) is 2. The molecule has 0 spiro atoms. The van der Waals surface area contributed by atoms with Crippen LogP contribution in [0.25, 0.3) is 0 Å². The van der Waals surface area contributed by atoms with Gasteiger partial charge in [-0.2, -0.15) is 5.26 Å². The standard InChI is InChI=1S/C17H12F4N2O3S/c1-9-14-13(27(24,25)8-18)3-2-12(15(14)16(19)17(9,20)21)26-11-4-10(5-22)6-23-7-11/h2-4,6-7,9,16H,8H2,1H3/t9-,16+/m0/s1. The Morgan fingerprint density at radius 2 is 2.00 bits per heavy atom. The summed E-state index contributed by atoms with van der Waals surface area (Å²) in [5.41, 5.74) is -1.03. The zero-order valence-corrected chi connectivity index (χ0v) is 14.6. The lowest BCUT2D eigenvalue weighted by molar-refractivity contribution is -0.0785. The third-order valence-corrected chi connectivity index (χ3v) is 5.67. The van der Waals surface area contributed by atoms with Gasteiger partial charge in [-0.1, -0.05) is 6.92 Å².